The Morgan fingerprint density at radius 3 is 1.22 bits per heavy atom. The maximum absolute atomic E-state index is 2.47. The third-order valence-corrected chi connectivity index (χ3v) is 11.2. The van der Waals surface area contributed by atoms with Crippen LogP contribution in [0.25, 0.3) is 33.4 Å². The van der Waals surface area contributed by atoms with Crippen molar-refractivity contribution < 1.29 is 0 Å². The van der Waals surface area contributed by atoms with Crippen LogP contribution in [0.1, 0.15) is 70.2 Å². The Hall–Kier alpha value is -4.68. The molecule has 0 spiro atoms. The van der Waals surface area contributed by atoms with E-state index in [2.05, 4.69) is 147 Å². The third kappa shape index (κ3) is 4.42. The summed E-state index contributed by atoms with van der Waals surface area (Å²) < 4.78 is 0. The van der Waals surface area contributed by atoms with E-state index in [9.17, 15) is 0 Å². The lowest BCUT2D eigenvalue weighted by Crippen LogP contribution is -2.15. The smallest absolute Gasteiger partial charge is 0.0159 e. The summed E-state index contributed by atoms with van der Waals surface area (Å²) in [6.07, 6.45) is 4.56. The van der Waals surface area contributed by atoms with E-state index in [1.807, 2.05) is 0 Å². The first-order valence-electron chi connectivity index (χ1n) is 16.6. The van der Waals surface area contributed by atoms with Crippen LogP contribution in [0.4, 0.5) is 0 Å². The molecule has 0 N–H and O–H groups in total. The summed E-state index contributed by atoms with van der Waals surface area (Å²) >= 11 is 0. The highest BCUT2D eigenvalue weighted by Crippen LogP contribution is 2.51. The Balaban J connectivity index is 1.00. The van der Waals surface area contributed by atoms with Gasteiger partial charge < -0.3 is 0 Å². The zero-order chi connectivity index (χ0) is 30.1. The minimum absolute atomic E-state index is 0.0546. The van der Waals surface area contributed by atoms with Gasteiger partial charge in [-0.3, -0.25) is 0 Å². The van der Waals surface area contributed by atoms with Crippen LogP contribution < -0.4 is 0 Å². The molecule has 0 heteroatoms. The summed E-state index contributed by atoms with van der Waals surface area (Å²) in [7, 11) is 0. The average Bonchev–Trinajstić information content (AvgIpc) is 3.77. The second kappa shape index (κ2) is 10.2. The first kappa shape index (κ1) is 26.7. The number of fused-ring (bicyclic) bond motifs is 5. The van der Waals surface area contributed by atoms with Gasteiger partial charge in [-0.25, -0.2) is 0 Å². The topological polar surface area (TPSA) is 0 Å². The van der Waals surface area contributed by atoms with Gasteiger partial charge in [0.15, 0.2) is 0 Å². The van der Waals surface area contributed by atoms with Crippen LogP contribution in [0.5, 0.6) is 0 Å². The standard InChI is InChI=1S/C45H38/c1-45(2)43-27-35(31-13-15-33-23-37(25-39(33)21-31)29-9-5-3-6-10-29)17-19-41(43)42-20-18-36(28-44(42)45)32-14-16-34-24-38(26-40(34)22-32)30-11-7-4-8-12-30/h3-22,27-28,37-38H,23-26H2,1-2H3. The normalized spacial score (nSPS) is 18.7. The zero-order valence-electron chi connectivity index (χ0n) is 26.2. The summed E-state index contributed by atoms with van der Waals surface area (Å²) in [5, 5.41) is 0. The van der Waals surface area contributed by atoms with Gasteiger partial charge >= 0.3 is 0 Å². The number of hydrogen-bond acceptors (Lipinski definition) is 0. The summed E-state index contributed by atoms with van der Waals surface area (Å²) in [4.78, 5) is 0. The SMILES string of the molecule is CC1(C)c2cc(-c3ccc4c(c3)CC(c3ccccc3)C4)ccc2-c2ccc(-c3ccc4c(c3)CC(c3ccccc3)C4)cc21. The quantitative estimate of drug-likeness (QED) is 0.195. The van der Waals surface area contributed by atoms with Gasteiger partial charge in [-0.05, 0) is 128 Å². The second-order valence-electron chi connectivity index (χ2n) is 14.1. The van der Waals surface area contributed by atoms with Gasteiger partial charge in [0, 0.05) is 5.41 Å². The largest absolute Gasteiger partial charge is 0.0622 e. The van der Waals surface area contributed by atoms with E-state index in [0.717, 1.165) is 25.7 Å². The highest BCUT2D eigenvalue weighted by molar-refractivity contribution is 5.86. The van der Waals surface area contributed by atoms with Crippen molar-refractivity contribution in [3.8, 4) is 33.4 Å². The number of benzene rings is 6. The van der Waals surface area contributed by atoms with E-state index in [0.29, 0.717) is 11.8 Å². The van der Waals surface area contributed by atoms with Crippen LogP contribution >= 0.6 is 0 Å². The van der Waals surface area contributed by atoms with E-state index in [4.69, 9.17) is 0 Å². The summed E-state index contributed by atoms with van der Waals surface area (Å²) in [6.45, 7) is 4.82. The molecule has 2 atom stereocenters. The molecule has 0 aromatic heterocycles. The molecule has 218 valence electrons. The maximum atomic E-state index is 2.47. The maximum Gasteiger partial charge on any atom is 0.0159 e. The van der Waals surface area contributed by atoms with Gasteiger partial charge in [-0.2, -0.15) is 0 Å². The van der Waals surface area contributed by atoms with Crippen molar-refractivity contribution in [1.82, 2.24) is 0 Å². The van der Waals surface area contributed by atoms with E-state index in [1.165, 1.54) is 77.9 Å². The van der Waals surface area contributed by atoms with Gasteiger partial charge in [-0.1, -0.05) is 135 Å². The first-order chi connectivity index (χ1) is 22.0. The van der Waals surface area contributed by atoms with Crippen LogP contribution in [0.15, 0.2) is 133 Å². The van der Waals surface area contributed by atoms with Crippen LogP contribution in [-0.4, -0.2) is 0 Å². The lowest BCUT2D eigenvalue weighted by atomic mass is 9.80. The highest BCUT2D eigenvalue weighted by Gasteiger charge is 2.36. The lowest BCUT2D eigenvalue weighted by Gasteiger charge is -2.23. The van der Waals surface area contributed by atoms with E-state index < -0.39 is 0 Å². The molecule has 3 aliphatic carbocycles. The number of hydrogen-bond donors (Lipinski definition) is 0. The summed E-state index contributed by atoms with van der Waals surface area (Å²) in [6, 6.07) is 50.8. The molecule has 0 saturated carbocycles. The molecular weight excluding hydrogens is 540 g/mol. The van der Waals surface area contributed by atoms with Crippen LogP contribution in [0.3, 0.4) is 0 Å². The fourth-order valence-electron chi connectivity index (χ4n) is 8.61. The molecule has 45 heavy (non-hydrogen) atoms. The predicted molar refractivity (Wildman–Crippen MR) is 188 cm³/mol. The monoisotopic (exact) mass is 578 g/mol. The minimum atomic E-state index is -0.0546. The zero-order valence-corrected chi connectivity index (χ0v) is 26.2. The molecule has 0 saturated heterocycles. The Morgan fingerprint density at radius 2 is 0.778 bits per heavy atom. The predicted octanol–water partition coefficient (Wildman–Crippen LogP) is 11.1. The highest BCUT2D eigenvalue weighted by atomic mass is 14.4. The molecule has 0 amide bonds. The lowest BCUT2D eigenvalue weighted by molar-refractivity contribution is 0.661. The molecule has 0 fully saturated rings. The second-order valence-corrected chi connectivity index (χ2v) is 14.1. The number of rotatable bonds is 4. The molecule has 0 nitrogen and oxygen atoms in total. The van der Waals surface area contributed by atoms with Gasteiger partial charge in [-0.15, -0.1) is 0 Å². The van der Waals surface area contributed by atoms with Crippen molar-refractivity contribution in [3.63, 3.8) is 0 Å². The Bertz CT molecular complexity index is 1930. The van der Waals surface area contributed by atoms with Gasteiger partial charge in [0.25, 0.3) is 0 Å². The fourth-order valence-corrected chi connectivity index (χ4v) is 8.61. The van der Waals surface area contributed by atoms with Gasteiger partial charge in [0.2, 0.25) is 0 Å². The molecule has 2 unspecified atom stereocenters. The summed E-state index contributed by atoms with van der Waals surface area (Å²) in [5.74, 6) is 1.19. The molecule has 9 rings (SSSR count). The first-order valence-corrected chi connectivity index (χ1v) is 16.6. The van der Waals surface area contributed by atoms with Gasteiger partial charge in [0.05, 0.1) is 0 Å². The van der Waals surface area contributed by atoms with E-state index >= 15 is 0 Å². The molecule has 0 radical (unpaired) electrons. The van der Waals surface area contributed by atoms with Crippen molar-refractivity contribution in [3.05, 3.63) is 178 Å². The molecule has 0 bridgehead atoms. The Kier molecular flexibility index (Phi) is 6.04. The van der Waals surface area contributed by atoms with Crippen molar-refractivity contribution in [2.45, 2.75) is 56.8 Å². The molecule has 3 aliphatic rings. The fraction of sp³-hybridized carbons (Fsp3) is 0.200. The van der Waals surface area contributed by atoms with Crippen molar-refractivity contribution in [2.75, 3.05) is 0 Å². The summed E-state index contributed by atoms with van der Waals surface area (Å²) in [5.41, 5.74) is 19.9. The van der Waals surface area contributed by atoms with Crippen molar-refractivity contribution in [2.24, 2.45) is 0 Å². The van der Waals surface area contributed by atoms with Crippen LogP contribution in [0.2, 0.25) is 0 Å². The average molecular weight is 579 g/mol. The van der Waals surface area contributed by atoms with E-state index in [1.54, 1.807) is 0 Å². The van der Waals surface area contributed by atoms with Crippen LogP contribution in [0, 0.1) is 0 Å². The molecular formula is C45H38. The van der Waals surface area contributed by atoms with E-state index in [-0.39, 0.29) is 5.41 Å². The molecule has 6 aromatic carbocycles. The van der Waals surface area contributed by atoms with Crippen molar-refractivity contribution >= 4 is 0 Å². The minimum Gasteiger partial charge on any atom is -0.0622 e. The molecule has 0 heterocycles. The van der Waals surface area contributed by atoms with Crippen LogP contribution in [-0.2, 0) is 31.1 Å². The molecule has 0 aliphatic heterocycles. The third-order valence-electron chi connectivity index (χ3n) is 11.2. The van der Waals surface area contributed by atoms with Crippen molar-refractivity contribution in [1.29, 1.82) is 0 Å². The molecule has 6 aromatic rings. The Labute approximate surface area is 267 Å². The Morgan fingerprint density at radius 1 is 0.400 bits per heavy atom. The van der Waals surface area contributed by atoms with Gasteiger partial charge in [0.1, 0.15) is 0 Å².